The highest BCUT2D eigenvalue weighted by Gasteiger charge is 2.32. The van der Waals surface area contributed by atoms with Crippen LogP contribution < -0.4 is 0 Å². The molecule has 0 radical (unpaired) electrons. The van der Waals surface area contributed by atoms with Gasteiger partial charge in [-0.15, -0.1) is 11.3 Å². The summed E-state index contributed by atoms with van der Waals surface area (Å²) in [5.41, 5.74) is 1.38. The normalized spacial score (nSPS) is 23.9. The molecule has 5 rings (SSSR count). The number of hydrogen-bond donors (Lipinski definition) is 0. The molecule has 2 saturated heterocycles. The second kappa shape index (κ2) is 8.36. The molecule has 1 aromatic rings. The van der Waals surface area contributed by atoms with Gasteiger partial charge in [-0.3, -0.25) is 19.4 Å². The van der Waals surface area contributed by atoms with Crippen molar-refractivity contribution in [2.24, 2.45) is 0 Å². The summed E-state index contributed by atoms with van der Waals surface area (Å²) in [5.74, 6) is 0.436. The first-order chi connectivity index (χ1) is 14.2. The van der Waals surface area contributed by atoms with E-state index in [2.05, 4.69) is 15.9 Å². The molecule has 2 amide bonds. The maximum Gasteiger partial charge on any atom is 0.264 e. The Bertz CT molecular complexity index is 735. The Labute approximate surface area is 177 Å². The lowest BCUT2D eigenvalue weighted by Gasteiger charge is -2.34. The minimum atomic E-state index is 0.183. The Morgan fingerprint density at radius 3 is 2.31 bits per heavy atom. The van der Waals surface area contributed by atoms with Gasteiger partial charge in [-0.1, -0.05) is 12.8 Å². The van der Waals surface area contributed by atoms with Crippen LogP contribution in [0.15, 0.2) is 6.07 Å². The zero-order valence-corrected chi connectivity index (χ0v) is 18.1. The fourth-order valence-corrected chi connectivity index (χ4v) is 6.52. The largest absolute Gasteiger partial charge is 0.342 e. The summed E-state index contributed by atoms with van der Waals surface area (Å²) in [6.45, 7) is 7.44. The van der Waals surface area contributed by atoms with Crippen LogP contribution in [0.1, 0.15) is 58.6 Å². The maximum atomic E-state index is 13.0. The number of hydrogen-bond acceptors (Lipinski definition) is 5. The number of amides is 2. The molecule has 1 aromatic heterocycles. The molecule has 3 aliphatic heterocycles. The molecule has 6 nitrogen and oxygen atoms in total. The second-order valence-electron chi connectivity index (χ2n) is 9.06. The van der Waals surface area contributed by atoms with Crippen molar-refractivity contribution in [2.75, 3.05) is 45.8 Å². The standard InChI is InChI=1S/C22H32N4O2S/c27-21(24-7-3-4-8-24)16-23-9-11-25(12-10-23)22(28)19-13-17-14-26(15-20(17)29-19)18-5-1-2-6-18/h13,18H,1-12,14-16H2. The molecule has 7 heteroatoms. The number of fused-ring (bicyclic) bond motifs is 1. The number of carbonyl (C=O) groups excluding carboxylic acids is 2. The zero-order valence-electron chi connectivity index (χ0n) is 17.3. The molecule has 0 bridgehead atoms. The van der Waals surface area contributed by atoms with E-state index < -0.39 is 0 Å². The van der Waals surface area contributed by atoms with Crippen molar-refractivity contribution < 1.29 is 9.59 Å². The van der Waals surface area contributed by atoms with E-state index in [1.807, 2.05) is 9.80 Å². The first-order valence-corrected chi connectivity index (χ1v) is 12.1. The van der Waals surface area contributed by atoms with Crippen molar-refractivity contribution in [3.05, 3.63) is 21.4 Å². The van der Waals surface area contributed by atoms with Gasteiger partial charge in [-0.25, -0.2) is 0 Å². The number of likely N-dealkylation sites (tertiary alicyclic amines) is 1. The van der Waals surface area contributed by atoms with Gasteiger partial charge in [0.25, 0.3) is 5.91 Å². The van der Waals surface area contributed by atoms with Gasteiger partial charge in [0.15, 0.2) is 0 Å². The van der Waals surface area contributed by atoms with Gasteiger partial charge in [0.2, 0.25) is 5.91 Å². The molecule has 29 heavy (non-hydrogen) atoms. The van der Waals surface area contributed by atoms with Crippen molar-refractivity contribution in [1.82, 2.24) is 19.6 Å². The Kier molecular flexibility index (Phi) is 5.63. The molecule has 0 N–H and O–H groups in total. The second-order valence-corrected chi connectivity index (χ2v) is 10.2. The van der Waals surface area contributed by atoms with E-state index in [-0.39, 0.29) is 11.8 Å². The average Bonchev–Trinajstić information content (AvgIpc) is 3.52. The van der Waals surface area contributed by atoms with E-state index in [0.29, 0.717) is 6.54 Å². The van der Waals surface area contributed by atoms with Crippen molar-refractivity contribution >= 4 is 23.2 Å². The summed E-state index contributed by atoms with van der Waals surface area (Å²) < 4.78 is 0. The highest BCUT2D eigenvalue weighted by molar-refractivity contribution is 7.14. The quantitative estimate of drug-likeness (QED) is 0.756. The van der Waals surface area contributed by atoms with E-state index in [4.69, 9.17) is 0 Å². The van der Waals surface area contributed by atoms with E-state index in [1.165, 1.54) is 36.1 Å². The molecule has 158 valence electrons. The molecular weight excluding hydrogens is 384 g/mol. The first kappa shape index (κ1) is 19.5. The summed E-state index contributed by atoms with van der Waals surface area (Å²) in [7, 11) is 0. The monoisotopic (exact) mass is 416 g/mol. The molecule has 1 saturated carbocycles. The Hall–Kier alpha value is -1.44. The van der Waals surface area contributed by atoms with Crippen molar-refractivity contribution in [3.63, 3.8) is 0 Å². The van der Waals surface area contributed by atoms with Crippen LogP contribution in [0.3, 0.4) is 0 Å². The van der Waals surface area contributed by atoms with Crippen molar-refractivity contribution in [1.29, 1.82) is 0 Å². The third-order valence-electron chi connectivity index (χ3n) is 7.15. The lowest BCUT2D eigenvalue weighted by Crippen LogP contribution is -2.51. The lowest BCUT2D eigenvalue weighted by molar-refractivity contribution is -0.131. The van der Waals surface area contributed by atoms with Crippen LogP contribution in [0, 0.1) is 0 Å². The number of nitrogens with zero attached hydrogens (tertiary/aromatic N) is 4. The summed E-state index contributed by atoms with van der Waals surface area (Å²) >= 11 is 1.71. The molecular formula is C22H32N4O2S. The zero-order chi connectivity index (χ0) is 19.8. The van der Waals surface area contributed by atoms with Crippen LogP contribution in [0.25, 0.3) is 0 Å². The molecule has 3 fully saturated rings. The van der Waals surface area contributed by atoms with Crippen LogP contribution in [0.2, 0.25) is 0 Å². The summed E-state index contributed by atoms with van der Waals surface area (Å²) in [4.78, 5) is 36.4. The number of piperazine rings is 1. The van der Waals surface area contributed by atoms with E-state index in [0.717, 1.165) is 76.1 Å². The van der Waals surface area contributed by atoms with Crippen molar-refractivity contribution in [3.8, 4) is 0 Å². The Morgan fingerprint density at radius 2 is 1.62 bits per heavy atom. The van der Waals surface area contributed by atoms with Crippen LogP contribution in [0.4, 0.5) is 0 Å². The fourth-order valence-electron chi connectivity index (χ4n) is 5.35. The van der Waals surface area contributed by atoms with Gasteiger partial charge in [-0.05, 0) is 37.3 Å². The number of carbonyl (C=O) groups is 2. The molecule has 0 unspecified atom stereocenters. The third kappa shape index (κ3) is 4.09. The smallest absolute Gasteiger partial charge is 0.264 e. The average molecular weight is 417 g/mol. The van der Waals surface area contributed by atoms with Crippen LogP contribution >= 0.6 is 11.3 Å². The first-order valence-electron chi connectivity index (χ1n) is 11.3. The minimum Gasteiger partial charge on any atom is -0.342 e. The third-order valence-corrected chi connectivity index (χ3v) is 8.30. The number of thiophene rings is 1. The lowest BCUT2D eigenvalue weighted by atomic mass is 10.2. The predicted octanol–water partition coefficient (Wildman–Crippen LogP) is 2.39. The van der Waals surface area contributed by atoms with Gasteiger partial charge in [0, 0.05) is 63.3 Å². The molecule has 0 spiro atoms. The van der Waals surface area contributed by atoms with Gasteiger partial charge in [-0.2, -0.15) is 0 Å². The predicted molar refractivity (Wildman–Crippen MR) is 114 cm³/mol. The van der Waals surface area contributed by atoms with Crippen LogP contribution in [0.5, 0.6) is 0 Å². The molecule has 0 atom stereocenters. The van der Waals surface area contributed by atoms with E-state index >= 15 is 0 Å². The molecule has 1 aliphatic carbocycles. The van der Waals surface area contributed by atoms with E-state index in [1.54, 1.807) is 11.3 Å². The van der Waals surface area contributed by atoms with Gasteiger partial charge < -0.3 is 9.80 Å². The van der Waals surface area contributed by atoms with Gasteiger partial charge in [0.1, 0.15) is 0 Å². The molecule has 4 aliphatic rings. The number of rotatable bonds is 4. The molecule has 4 heterocycles. The summed E-state index contributed by atoms with van der Waals surface area (Å²) in [6, 6.07) is 2.91. The SMILES string of the molecule is O=C(CN1CCN(C(=O)c2cc3c(s2)CN(C2CCCC2)C3)CC1)N1CCCC1. The minimum absolute atomic E-state index is 0.183. The van der Waals surface area contributed by atoms with Gasteiger partial charge in [0.05, 0.1) is 11.4 Å². The van der Waals surface area contributed by atoms with Crippen LogP contribution in [-0.4, -0.2) is 83.3 Å². The Morgan fingerprint density at radius 1 is 0.897 bits per heavy atom. The highest BCUT2D eigenvalue weighted by atomic mass is 32.1. The fraction of sp³-hybridized carbons (Fsp3) is 0.727. The summed E-state index contributed by atoms with van der Waals surface area (Å²) in [5, 5.41) is 0. The summed E-state index contributed by atoms with van der Waals surface area (Å²) in [6.07, 6.45) is 7.69. The highest BCUT2D eigenvalue weighted by Crippen LogP contribution is 2.36. The van der Waals surface area contributed by atoms with Crippen molar-refractivity contribution in [2.45, 2.75) is 57.7 Å². The van der Waals surface area contributed by atoms with Gasteiger partial charge >= 0.3 is 0 Å². The molecule has 0 aromatic carbocycles. The Balaban J connectivity index is 1.12. The topological polar surface area (TPSA) is 47.1 Å². The van der Waals surface area contributed by atoms with E-state index in [9.17, 15) is 9.59 Å². The van der Waals surface area contributed by atoms with Crippen LogP contribution in [-0.2, 0) is 17.9 Å². The maximum absolute atomic E-state index is 13.0.